The van der Waals surface area contributed by atoms with E-state index < -0.39 is 5.54 Å². The first-order valence-corrected chi connectivity index (χ1v) is 11.7. The lowest BCUT2D eigenvalue weighted by Crippen LogP contribution is -2.57. The summed E-state index contributed by atoms with van der Waals surface area (Å²) < 4.78 is 5.16. The Morgan fingerprint density at radius 3 is 2.65 bits per heavy atom. The molecule has 0 bridgehead atoms. The fraction of sp³-hybridized carbons (Fsp3) is 0.318. The van der Waals surface area contributed by atoms with E-state index in [4.69, 9.17) is 11.2 Å². The third kappa shape index (κ3) is 4.61. The average molecular weight is 456 g/mol. The van der Waals surface area contributed by atoms with E-state index in [9.17, 15) is 14.4 Å². The molecule has 1 aromatic carbocycles. The SMILES string of the molecule is C#Cc1ccc(C(=O)N[C@@]2(C(=O)Nc3ccc(N4CCOCC4=O)cc3)CCSC2)s1. The summed E-state index contributed by atoms with van der Waals surface area (Å²) >= 11 is 2.85. The van der Waals surface area contributed by atoms with Crippen LogP contribution in [-0.2, 0) is 14.3 Å². The van der Waals surface area contributed by atoms with E-state index in [1.165, 1.54) is 11.3 Å². The summed E-state index contributed by atoms with van der Waals surface area (Å²) in [5, 5.41) is 5.85. The van der Waals surface area contributed by atoms with Crippen molar-refractivity contribution in [2.75, 3.05) is 41.5 Å². The second kappa shape index (κ2) is 9.14. The van der Waals surface area contributed by atoms with Crippen molar-refractivity contribution >= 4 is 52.2 Å². The second-order valence-electron chi connectivity index (χ2n) is 7.25. The zero-order valence-corrected chi connectivity index (χ0v) is 18.3. The Hall–Kier alpha value is -2.80. The highest BCUT2D eigenvalue weighted by Crippen LogP contribution is 2.31. The number of thioether (sulfide) groups is 1. The lowest BCUT2D eigenvalue weighted by Gasteiger charge is -2.29. The lowest BCUT2D eigenvalue weighted by molar-refractivity contribution is -0.125. The van der Waals surface area contributed by atoms with E-state index in [0.717, 1.165) is 11.4 Å². The monoisotopic (exact) mass is 455 g/mol. The fourth-order valence-corrected chi connectivity index (χ4v) is 5.53. The number of nitrogens with zero attached hydrogens (tertiary/aromatic N) is 1. The summed E-state index contributed by atoms with van der Waals surface area (Å²) in [6, 6.07) is 10.5. The molecular weight excluding hydrogens is 434 g/mol. The van der Waals surface area contributed by atoms with Crippen molar-refractivity contribution in [3.63, 3.8) is 0 Å². The van der Waals surface area contributed by atoms with Crippen molar-refractivity contribution in [1.29, 1.82) is 0 Å². The molecule has 160 valence electrons. The van der Waals surface area contributed by atoms with Crippen LogP contribution >= 0.6 is 23.1 Å². The van der Waals surface area contributed by atoms with Gasteiger partial charge in [-0.3, -0.25) is 14.4 Å². The zero-order valence-electron chi connectivity index (χ0n) is 16.7. The summed E-state index contributed by atoms with van der Waals surface area (Å²) in [4.78, 5) is 40.7. The van der Waals surface area contributed by atoms with Gasteiger partial charge in [0.1, 0.15) is 12.1 Å². The molecule has 0 unspecified atom stereocenters. The number of hydrogen-bond acceptors (Lipinski definition) is 6. The van der Waals surface area contributed by atoms with Crippen LogP contribution in [0.2, 0.25) is 0 Å². The van der Waals surface area contributed by atoms with Crippen molar-refractivity contribution in [3.05, 3.63) is 46.2 Å². The maximum absolute atomic E-state index is 13.2. The molecule has 1 atom stereocenters. The van der Waals surface area contributed by atoms with Crippen LogP contribution in [0.4, 0.5) is 11.4 Å². The van der Waals surface area contributed by atoms with E-state index in [-0.39, 0.29) is 24.3 Å². The molecule has 2 saturated heterocycles. The van der Waals surface area contributed by atoms with Gasteiger partial charge >= 0.3 is 0 Å². The van der Waals surface area contributed by atoms with Crippen molar-refractivity contribution in [2.45, 2.75) is 12.0 Å². The molecule has 9 heteroatoms. The Balaban J connectivity index is 1.45. The number of rotatable bonds is 5. The Kier molecular flexibility index (Phi) is 6.32. The van der Waals surface area contributed by atoms with Gasteiger partial charge in [-0.1, -0.05) is 5.92 Å². The average Bonchev–Trinajstić information content (AvgIpc) is 3.45. The van der Waals surface area contributed by atoms with Gasteiger partial charge in [-0.25, -0.2) is 0 Å². The first-order valence-electron chi connectivity index (χ1n) is 9.77. The molecule has 2 aromatic rings. The van der Waals surface area contributed by atoms with Gasteiger partial charge in [-0.05, 0) is 48.6 Å². The molecule has 0 spiro atoms. The minimum Gasteiger partial charge on any atom is -0.370 e. The second-order valence-corrected chi connectivity index (χ2v) is 9.43. The fourth-order valence-electron chi connectivity index (χ4n) is 3.48. The van der Waals surface area contributed by atoms with E-state index in [1.807, 2.05) is 0 Å². The standard InChI is InChI=1S/C22H21N3O4S2/c1-2-17-7-8-18(31-17)20(27)24-22(9-12-30-14-22)21(28)23-15-3-5-16(6-4-15)25-10-11-29-13-19(25)26/h1,3-8H,9-14H2,(H,23,28)(H,24,27)/t22-/m0/s1. The molecule has 3 heterocycles. The molecule has 3 amide bonds. The van der Waals surface area contributed by atoms with Crippen LogP contribution in [-0.4, -0.2) is 54.5 Å². The highest BCUT2D eigenvalue weighted by atomic mass is 32.2. The van der Waals surface area contributed by atoms with Crippen molar-refractivity contribution in [1.82, 2.24) is 5.32 Å². The number of hydrogen-bond donors (Lipinski definition) is 2. The summed E-state index contributed by atoms with van der Waals surface area (Å²) in [7, 11) is 0. The number of ether oxygens (including phenoxy) is 1. The minimum atomic E-state index is -0.985. The number of carbonyl (C=O) groups excluding carboxylic acids is 3. The first-order chi connectivity index (χ1) is 15.0. The normalized spacial score (nSPS) is 20.9. The zero-order chi connectivity index (χ0) is 21.8. The maximum Gasteiger partial charge on any atom is 0.262 e. The van der Waals surface area contributed by atoms with Gasteiger partial charge in [-0.15, -0.1) is 17.8 Å². The van der Waals surface area contributed by atoms with E-state index in [0.29, 0.717) is 40.8 Å². The van der Waals surface area contributed by atoms with Gasteiger partial charge in [0.25, 0.3) is 17.7 Å². The van der Waals surface area contributed by atoms with Crippen molar-refractivity contribution < 1.29 is 19.1 Å². The predicted molar refractivity (Wildman–Crippen MR) is 123 cm³/mol. The van der Waals surface area contributed by atoms with Crippen LogP contribution in [0.25, 0.3) is 0 Å². The molecule has 2 N–H and O–H groups in total. The van der Waals surface area contributed by atoms with E-state index in [1.54, 1.807) is 53.1 Å². The van der Waals surface area contributed by atoms with Gasteiger partial charge in [-0.2, -0.15) is 11.8 Å². The van der Waals surface area contributed by atoms with Crippen molar-refractivity contribution in [2.24, 2.45) is 0 Å². The summed E-state index contributed by atoms with van der Waals surface area (Å²) in [5.74, 6) is 3.15. The Bertz CT molecular complexity index is 1040. The summed E-state index contributed by atoms with van der Waals surface area (Å²) in [6.07, 6.45) is 5.93. The largest absolute Gasteiger partial charge is 0.370 e. The molecule has 1 aromatic heterocycles. The Morgan fingerprint density at radius 2 is 2.00 bits per heavy atom. The highest BCUT2D eigenvalue weighted by molar-refractivity contribution is 7.99. The molecule has 0 radical (unpaired) electrons. The predicted octanol–water partition coefficient (Wildman–Crippen LogP) is 2.34. The molecule has 31 heavy (non-hydrogen) atoms. The Labute approximate surface area is 188 Å². The first kappa shape index (κ1) is 21.4. The Morgan fingerprint density at radius 1 is 1.19 bits per heavy atom. The molecule has 0 saturated carbocycles. The van der Waals surface area contributed by atoms with Gasteiger partial charge in [0.2, 0.25) is 0 Å². The van der Waals surface area contributed by atoms with Gasteiger partial charge in [0.15, 0.2) is 0 Å². The quantitative estimate of drug-likeness (QED) is 0.676. The third-order valence-electron chi connectivity index (χ3n) is 5.20. The highest BCUT2D eigenvalue weighted by Gasteiger charge is 2.43. The molecular formula is C22H21N3O4S2. The molecule has 2 aliphatic rings. The number of benzene rings is 1. The van der Waals surface area contributed by atoms with Gasteiger partial charge in [0, 0.05) is 23.7 Å². The molecule has 0 aliphatic carbocycles. The van der Waals surface area contributed by atoms with E-state index >= 15 is 0 Å². The summed E-state index contributed by atoms with van der Waals surface area (Å²) in [5.41, 5.74) is 0.374. The molecule has 2 aliphatic heterocycles. The number of amides is 3. The van der Waals surface area contributed by atoms with Crippen LogP contribution in [0, 0.1) is 12.3 Å². The number of thiophene rings is 1. The summed E-state index contributed by atoms with van der Waals surface area (Å²) in [6.45, 7) is 1.07. The number of anilines is 2. The number of terminal acetylenes is 1. The number of carbonyl (C=O) groups is 3. The maximum atomic E-state index is 13.2. The number of nitrogens with one attached hydrogen (secondary N) is 2. The van der Waals surface area contributed by atoms with E-state index in [2.05, 4.69) is 16.6 Å². The molecule has 7 nitrogen and oxygen atoms in total. The molecule has 4 rings (SSSR count). The van der Waals surface area contributed by atoms with Crippen molar-refractivity contribution in [3.8, 4) is 12.3 Å². The third-order valence-corrected chi connectivity index (χ3v) is 7.41. The number of morpholine rings is 1. The van der Waals surface area contributed by atoms with Crippen LogP contribution < -0.4 is 15.5 Å². The minimum absolute atomic E-state index is 0.0748. The molecule has 2 fully saturated rings. The van der Waals surface area contributed by atoms with Gasteiger partial charge in [0.05, 0.1) is 16.4 Å². The topological polar surface area (TPSA) is 87.7 Å². The van der Waals surface area contributed by atoms with Gasteiger partial charge < -0.3 is 20.3 Å². The van der Waals surface area contributed by atoms with Crippen LogP contribution in [0.1, 0.15) is 21.0 Å². The van der Waals surface area contributed by atoms with Crippen LogP contribution in [0.3, 0.4) is 0 Å². The smallest absolute Gasteiger partial charge is 0.262 e. The lowest BCUT2D eigenvalue weighted by atomic mass is 9.97. The van der Waals surface area contributed by atoms with Crippen LogP contribution in [0.15, 0.2) is 36.4 Å². The van der Waals surface area contributed by atoms with Crippen LogP contribution in [0.5, 0.6) is 0 Å².